The van der Waals surface area contributed by atoms with Crippen LogP contribution in [0.5, 0.6) is 0 Å². The summed E-state index contributed by atoms with van der Waals surface area (Å²) in [6, 6.07) is 5.89. The number of halogens is 2. The molecule has 7 heteroatoms. The van der Waals surface area contributed by atoms with Gasteiger partial charge in [0.15, 0.2) is 5.78 Å². The summed E-state index contributed by atoms with van der Waals surface area (Å²) in [7, 11) is 1.58. The summed E-state index contributed by atoms with van der Waals surface area (Å²) in [6.07, 6.45) is 4.03. The van der Waals surface area contributed by atoms with E-state index in [4.69, 9.17) is 0 Å². The Morgan fingerprint density at radius 3 is 2.62 bits per heavy atom. The average molecular weight is 399 g/mol. The zero-order chi connectivity index (χ0) is 18.0. The van der Waals surface area contributed by atoms with E-state index in [1.165, 1.54) is 6.07 Å². The highest BCUT2D eigenvalue weighted by molar-refractivity contribution is 7.81. The molecule has 1 aliphatic carbocycles. The van der Waals surface area contributed by atoms with Crippen molar-refractivity contribution in [3.05, 3.63) is 47.3 Å². The molecule has 1 aliphatic heterocycles. The zero-order valence-corrected chi connectivity index (χ0v) is 16.4. The maximum absolute atomic E-state index is 14.4. The first-order valence-corrected chi connectivity index (χ1v) is 9.15. The fraction of sp³-hybridized carbons (Fsp3) is 0.474. The standard InChI is InChI=1S/C19H23FN2O2S.ClH/c1-21-17(23)10-13-11-22(9-8-16(13)25)18(19(24)12-6-7-12)14-4-2-3-5-15(14)20;/h2-5,10,12,16,18,25H,6-9,11H2,1H3,(H,21,23);1H. The molecule has 1 amide bonds. The number of ketones is 1. The lowest BCUT2D eigenvalue weighted by molar-refractivity contribution is -0.126. The van der Waals surface area contributed by atoms with Crippen molar-refractivity contribution in [3.63, 3.8) is 0 Å². The first kappa shape index (κ1) is 20.9. The molecular weight excluding hydrogens is 375 g/mol. The van der Waals surface area contributed by atoms with E-state index in [1.54, 1.807) is 31.3 Å². The Morgan fingerprint density at radius 1 is 1.31 bits per heavy atom. The van der Waals surface area contributed by atoms with E-state index >= 15 is 0 Å². The summed E-state index contributed by atoms with van der Waals surface area (Å²) in [4.78, 5) is 26.6. The first-order valence-electron chi connectivity index (χ1n) is 8.63. The lowest BCUT2D eigenvalue weighted by Gasteiger charge is -2.37. The molecule has 0 aromatic heterocycles. The van der Waals surface area contributed by atoms with Gasteiger partial charge in [-0.15, -0.1) is 12.4 Å². The second-order valence-corrected chi connectivity index (χ2v) is 7.33. The van der Waals surface area contributed by atoms with Gasteiger partial charge in [-0.05, 0) is 30.9 Å². The Labute approximate surface area is 165 Å². The van der Waals surface area contributed by atoms with Crippen LogP contribution in [0.3, 0.4) is 0 Å². The van der Waals surface area contributed by atoms with Gasteiger partial charge < -0.3 is 5.32 Å². The summed E-state index contributed by atoms with van der Waals surface area (Å²) < 4.78 is 14.4. The number of hydrogen-bond donors (Lipinski definition) is 2. The van der Waals surface area contributed by atoms with Crippen LogP contribution in [0.15, 0.2) is 35.9 Å². The van der Waals surface area contributed by atoms with E-state index < -0.39 is 6.04 Å². The van der Waals surface area contributed by atoms with Gasteiger partial charge in [-0.1, -0.05) is 18.2 Å². The maximum atomic E-state index is 14.4. The highest BCUT2D eigenvalue weighted by atomic mass is 35.5. The van der Waals surface area contributed by atoms with Crippen LogP contribution >= 0.6 is 25.0 Å². The number of nitrogens with zero attached hydrogens (tertiary/aromatic N) is 1. The third kappa shape index (κ3) is 4.67. The van der Waals surface area contributed by atoms with Crippen molar-refractivity contribution in [3.8, 4) is 0 Å². The van der Waals surface area contributed by atoms with Gasteiger partial charge in [-0.2, -0.15) is 12.6 Å². The van der Waals surface area contributed by atoms with E-state index in [0.717, 1.165) is 24.8 Å². The molecule has 2 fully saturated rings. The van der Waals surface area contributed by atoms with Gasteiger partial charge in [-0.25, -0.2) is 4.39 Å². The van der Waals surface area contributed by atoms with Crippen LogP contribution in [0.25, 0.3) is 0 Å². The van der Waals surface area contributed by atoms with Crippen molar-refractivity contribution >= 4 is 36.7 Å². The van der Waals surface area contributed by atoms with Crippen LogP contribution in [0.2, 0.25) is 0 Å². The highest BCUT2D eigenvalue weighted by Gasteiger charge is 2.40. The quantitative estimate of drug-likeness (QED) is 0.592. The molecule has 26 heavy (non-hydrogen) atoms. The molecule has 1 N–H and O–H groups in total. The fourth-order valence-electron chi connectivity index (χ4n) is 3.31. The Morgan fingerprint density at radius 2 is 2.00 bits per heavy atom. The van der Waals surface area contributed by atoms with Crippen LogP contribution < -0.4 is 5.32 Å². The number of Topliss-reactive ketones (excluding diaryl/α,β-unsaturated/α-hetero) is 1. The van der Waals surface area contributed by atoms with Gasteiger partial charge in [0.25, 0.3) is 0 Å². The largest absolute Gasteiger partial charge is 0.356 e. The normalized spacial score (nSPS) is 23.2. The summed E-state index contributed by atoms with van der Waals surface area (Å²) in [5.74, 6) is -0.426. The number of amides is 1. The summed E-state index contributed by atoms with van der Waals surface area (Å²) in [5, 5.41) is 2.55. The van der Waals surface area contributed by atoms with Gasteiger partial charge in [0.2, 0.25) is 5.91 Å². The third-order valence-corrected chi connectivity index (χ3v) is 5.47. The van der Waals surface area contributed by atoms with Crippen molar-refractivity contribution < 1.29 is 14.0 Å². The van der Waals surface area contributed by atoms with E-state index in [9.17, 15) is 14.0 Å². The monoisotopic (exact) mass is 398 g/mol. The number of benzene rings is 1. The van der Waals surface area contributed by atoms with E-state index in [1.807, 2.05) is 4.90 Å². The number of likely N-dealkylation sites (tertiary alicyclic amines) is 1. The Hall–Kier alpha value is -1.37. The number of hydrogen-bond acceptors (Lipinski definition) is 4. The fourth-order valence-corrected chi connectivity index (χ4v) is 3.58. The summed E-state index contributed by atoms with van der Waals surface area (Å²) >= 11 is 4.56. The lowest BCUT2D eigenvalue weighted by atomic mass is 9.93. The SMILES string of the molecule is CNC(=O)C=C1CN(C(C(=O)C2CC2)c2ccccc2F)CCC1S.Cl. The van der Waals surface area contributed by atoms with Crippen molar-refractivity contribution in [2.45, 2.75) is 30.6 Å². The molecule has 2 unspecified atom stereocenters. The lowest BCUT2D eigenvalue weighted by Crippen LogP contribution is -2.43. The van der Waals surface area contributed by atoms with E-state index in [2.05, 4.69) is 17.9 Å². The van der Waals surface area contributed by atoms with Crippen molar-refractivity contribution in [1.82, 2.24) is 10.2 Å². The van der Waals surface area contributed by atoms with Crippen molar-refractivity contribution in [2.75, 3.05) is 20.1 Å². The van der Waals surface area contributed by atoms with Crippen LogP contribution in [0.4, 0.5) is 4.39 Å². The molecule has 1 aromatic rings. The second-order valence-electron chi connectivity index (χ2n) is 6.71. The van der Waals surface area contributed by atoms with E-state index in [0.29, 0.717) is 18.7 Å². The number of piperidine rings is 1. The highest BCUT2D eigenvalue weighted by Crippen LogP contribution is 2.39. The number of rotatable bonds is 5. The topological polar surface area (TPSA) is 49.4 Å². The molecule has 0 radical (unpaired) electrons. The molecule has 4 nitrogen and oxygen atoms in total. The third-order valence-electron chi connectivity index (χ3n) is 4.88. The van der Waals surface area contributed by atoms with Gasteiger partial charge in [0, 0.05) is 42.9 Å². The Kier molecular flexibility index (Phi) is 7.26. The van der Waals surface area contributed by atoms with Crippen molar-refractivity contribution in [1.29, 1.82) is 0 Å². The van der Waals surface area contributed by atoms with E-state index in [-0.39, 0.29) is 41.1 Å². The number of carbonyl (C=O) groups excluding carboxylic acids is 2. The molecule has 0 spiro atoms. The minimum Gasteiger partial charge on any atom is -0.356 e. The Bertz CT molecular complexity index is 709. The minimum absolute atomic E-state index is 0. The number of likely N-dealkylation sites (N-methyl/N-ethyl adjacent to an activating group) is 1. The molecule has 1 saturated carbocycles. The molecular formula is C19H24ClFN2O2S. The smallest absolute Gasteiger partial charge is 0.243 e. The number of thiol groups is 1. The summed E-state index contributed by atoms with van der Waals surface area (Å²) in [5.41, 5.74) is 1.29. The molecule has 1 heterocycles. The van der Waals surface area contributed by atoms with Gasteiger partial charge in [-0.3, -0.25) is 14.5 Å². The van der Waals surface area contributed by atoms with Gasteiger partial charge >= 0.3 is 0 Å². The average Bonchev–Trinajstić information content (AvgIpc) is 3.44. The second kappa shape index (κ2) is 9.02. The van der Waals surface area contributed by atoms with Crippen LogP contribution in [-0.4, -0.2) is 42.0 Å². The van der Waals surface area contributed by atoms with Crippen LogP contribution in [-0.2, 0) is 9.59 Å². The number of carbonyl (C=O) groups is 2. The van der Waals surface area contributed by atoms with Gasteiger partial charge in [0.05, 0.1) is 6.04 Å². The molecule has 142 valence electrons. The zero-order valence-electron chi connectivity index (χ0n) is 14.7. The first-order chi connectivity index (χ1) is 12.0. The molecule has 2 aliphatic rings. The Balaban J connectivity index is 0.00000243. The molecule has 1 saturated heterocycles. The van der Waals surface area contributed by atoms with Crippen LogP contribution in [0, 0.1) is 11.7 Å². The summed E-state index contributed by atoms with van der Waals surface area (Å²) in [6.45, 7) is 1.09. The van der Waals surface area contributed by atoms with Crippen molar-refractivity contribution in [2.24, 2.45) is 5.92 Å². The number of nitrogens with one attached hydrogen (secondary N) is 1. The van der Waals surface area contributed by atoms with Gasteiger partial charge in [0.1, 0.15) is 5.82 Å². The minimum atomic E-state index is -0.595. The molecule has 0 bridgehead atoms. The predicted octanol–water partition coefficient (Wildman–Crippen LogP) is 2.94. The molecule has 2 atom stereocenters. The molecule has 1 aromatic carbocycles. The maximum Gasteiger partial charge on any atom is 0.243 e. The predicted molar refractivity (Wildman–Crippen MR) is 105 cm³/mol. The molecule has 3 rings (SSSR count). The van der Waals surface area contributed by atoms with Crippen LogP contribution in [0.1, 0.15) is 30.9 Å².